The highest BCUT2D eigenvalue weighted by Crippen LogP contribution is 2.46. The summed E-state index contributed by atoms with van der Waals surface area (Å²) in [6, 6.07) is -24.5. The summed E-state index contributed by atoms with van der Waals surface area (Å²) in [5, 5.41) is -5.60. The average Bonchev–Trinajstić information content (AvgIpc) is 3.28. The molecular formula is C40H26. The standard InChI is InChI=1S/C40H26/c1-2-13-28(14-3-1)31-24-25-38(33-17-7-6-16-32(31)33)40-36-20-10-8-18-34(36)39(35-19-9-11-21-37(35)40)30-23-22-27-12-4-5-15-29(27)26-30/h1-26H/i1D,2D,3D,4D,5D,6D,7D,8D,9D,10D,11D,12D,13D,14D,15D,16D,17D,18D,19D,20D,21D,22D,23D,24D,25D,26D. The monoisotopic (exact) mass is 532 g/mol. The van der Waals surface area contributed by atoms with Gasteiger partial charge in [0.25, 0.3) is 0 Å². The van der Waals surface area contributed by atoms with Gasteiger partial charge in [-0.15, -0.1) is 0 Å². The van der Waals surface area contributed by atoms with Crippen molar-refractivity contribution in [3.8, 4) is 33.4 Å². The van der Waals surface area contributed by atoms with E-state index in [9.17, 15) is 12.3 Å². The van der Waals surface area contributed by atoms with Crippen LogP contribution >= 0.6 is 0 Å². The molecule has 0 atom stereocenters. The third kappa shape index (κ3) is 3.54. The molecule has 186 valence electrons. The smallest absolute Gasteiger partial charge is 0.0622 e. The maximum Gasteiger partial charge on any atom is 0.0636 e. The lowest BCUT2D eigenvalue weighted by molar-refractivity contribution is 1.64. The third-order valence-electron chi connectivity index (χ3n) is 6.38. The summed E-state index contributed by atoms with van der Waals surface area (Å²) >= 11 is 0. The van der Waals surface area contributed by atoms with Gasteiger partial charge in [0.15, 0.2) is 0 Å². The first-order chi connectivity index (χ1) is 30.7. The van der Waals surface area contributed by atoms with Crippen molar-refractivity contribution in [2.24, 2.45) is 0 Å². The van der Waals surface area contributed by atoms with E-state index in [1.54, 1.807) is 0 Å². The van der Waals surface area contributed by atoms with Gasteiger partial charge < -0.3 is 0 Å². The van der Waals surface area contributed by atoms with Gasteiger partial charge in [0.2, 0.25) is 0 Å². The van der Waals surface area contributed by atoms with E-state index in [0.29, 0.717) is 0 Å². The van der Waals surface area contributed by atoms with Gasteiger partial charge >= 0.3 is 0 Å². The van der Waals surface area contributed by atoms with Crippen LogP contribution in [0.2, 0.25) is 0 Å². The Morgan fingerprint density at radius 2 is 0.775 bits per heavy atom. The first-order valence-electron chi connectivity index (χ1n) is 24.8. The van der Waals surface area contributed by atoms with E-state index in [0.717, 1.165) is 0 Å². The van der Waals surface area contributed by atoms with E-state index in [1.165, 1.54) is 0 Å². The fourth-order valence-electron chi connectivity index (χ4n) is 4.72. The molecule has 0 radical (unpaired) electrons. The number of hydrogen-bond donors (Lipinski definition) is 0. The molecule has 8 rings (SSSR count). The molecule has 0 nitrogen and oxygen atoms in total. The van der Waals surface area contributed by atoms with E-state index in [1.807, 2.05) is 0 Å². The molecular weight excluding hydrogens is 480 g/mol. The minimum absolute atomic E-state index is 0.574. The van der Waals surface area contributed by atoms with Crippen molar-refractivity contribution >= 4 is 43.1 Å². The minimum atomic E-state index is -1.07. The number of benzene rings is 8. The molecule has 0 bridgehead atoms. The summed E-state index contributed by atoms with van der Waals surface area (Å²) in [4.78, 5) is 0. The lowest BCUT2D eigenvalue weighted by Crippen LogP contribution is -1.92. The summed E-state index contributed by atoms with van der Waals surface area (Å²) in [5.41, 5.74) is -4.50. The zero-order valence-corrected chi connectivity index (χ0v) is 20.0. The Morgan fingerprint density at radius 1 is 0.300 bits per heavy atom. The molecule has 0 saturated heterocycles. The molecule has 0 aliphatic rings. The number of hydrogen-bond acceptors (Lipinski definition) is 0. The highest BCUT2D eigenvalue weighted by Gasteiger charge is 2.18. The zero-order valence-electron chi connectivity index (χ0n) is 46.0. The van der Waals surface area contributed by atoms with E-state index in [2.05, 4.69) is 0 Å². The molecule has 0 unspecified atom stereocenters. The van der Waals surface area contributed by atoms with Crippen LogP contribution in [0.15, 0.2) is 157 Å². The lowest BCUT2D eigenvalue weighted by Gasteiger charge is -2.20. The molecule has 0 heterocycles. The number of rotatable bonds is 3. The van der Waals surface area contributed by atoms with Crippen molar-refractivity contribution in [1.29, 1.82) is 0 Å². The number of fused-ring (bicyclic) bond motifs is 4. The van der Waals surface area contributed by atoms with Crippen LogP contribution < -0.4 is 0 Å². The Labute approximate surface area is 270 Å². The fourth-order valence-corrected chi connectivity index (χ4v) is 4.72. The van der Waals surface area contributed by atoms with Gasteiger partial charge in [0.1, 0.15) is 0 Å². The van der Waals surface area contributed by atoms with E-state index >= 15 is 0 Å². The van der Waals surface area contributed by atoms with Gasteiger partial charge in [-0.05, 0) is 82.5 Å². The summed E-state index contributed by atoms with van der Waals surface area (Å²) in [6.45, 7) is 0. The van der Waals surface area contributed by atoms with Crippen LogP contribution in [0.5, 0.6) is 0 Å². The molecule has 0 aliphatic carbocycles. The van der Waals surface area contributed by atoms with Crippen LogP contribution in [0.1, 0.15) is 35.6 Å². The second-order valence-corrected chi connectivity index (χ2v) is 8.50. The van der Waals surface area contributed by atoms with Crippen molar-refractivity contribution < 1.29 is 35.6 Å². The summed E-state index contributed by atoms with van der Waals surface area (Å²) in [7, 11) is 0. The van der Waals surface area contributed by atoms with Crippen LogP contribution in [0.4, 0.5) is 0 Å². The van der Waals surface area contributed by atoms with Gasteiger partial charge in [0.05, 0.1) is 35.6 Å². The molecule has 0 aliphatic heterocycles. The second kappa shape index (κ2) is 9.22. The lowest BCUT2D eigenvalue weighted by atomic mass is 9.83. The molecule has 40 heavy (non-hydrogen) atoms. The Bertz CT molecular complexity index is 3540. The average molecular weight is 533 g/mol. The molecule has 0 fully saturated rings. The van der Waals surface area contributed by atoms with Crippen molar-refractivity contribution in [2.45, 2.75) is 0 Å². The van der Waals surface area contributed by atoms with Crippen LogP contribution in [0.3, 0.4) is 0 Å². The Kier molecular flexibility index (Phi) is 1.99. The molecule has 8 aromatic rings. The third-order valence-corrected chi connectivity index (χ3v) is 6.38. The summed E-state index contributed by atoms with van der Waals surface area (Å²) in [6.07, 6.45) is 0. The Hall–Kier alpha value is -5.20. The van der Waals surface area contributed by atoms with Crippen molar-refractivity contribution in [3.05, 3.63) is 157 Å². The maximum atomic E-state index is 9.63. The van der Waals surface area contributed by atoms with Crippen LogP contribution in [-0.2, 0) is 0 Å². The van der Waals surface area contributed by atoms with Crippen LogP contribution in [-0.4, -0.2) is 0 Å². The normalized spacial score (nSPS) is 20.6. The van der Waals surface area contributed by atoms with Crippen molar-refractivity contribution in [2.75, 3.05) is 0 Å². The quantitative estimate of drug-likeness (QED) is 0.198. The van der Waals surface area contributed by atoms with Gasteiger partial charge in [-0.2, -0.15) is 0 Å². The first-order valence-corrected chi connectivity index (χ1v) is 11.8. The summed E-state index contributed by atoms with van der Waals surface area (Å²) in [5.74, 6) is 0. The Morgan fingerprint density at radius 3 is 1.43 bits per heavy atom. The van der Waals surface area contributed by atoms with Crippen molar-refractivity contribution in [3.63, 3.8) is 0 Å². The predicted octanol–water partition coefficient (Wildman–Crippen LogP) is 11.3. The SMILES string of the molecule is [2H]c1c([2H])c([2H])c(-c2c([2H])c([2H])c(-c3c4c([2H])c([2H])c([2H])c([2H])c4c(-c4c([2H])c([2H])c5c([2H])c([2H])c([2H])c([2H])c5c4[2H])c4c([2H])c([2H])c([2H])c([2H])c34)c3c([2H])c([2H])c([2H])c([2H])c23)c([2H])c1[2H]. The molecule has 0 aromatic heterocycles. The molecule has 0 saturated carbocycles. The molecule has 0 amide bonds. The van der Waals surface area contributed by atoms with E-state index in [-0.39, 0.29) is 0 Å². The zero-order chi connectivity index (χ0) is 49.1. The van der Waals surface area contributed by atoms with Crippen LogP contribution in [0, 0.1) is 0 Å². The van der Waals surface area contributed by atoms with E-state index in [4.69, 9.17) is 23.3 Å². The summed E-state index contributed by atoms with van der Waals surface area (Å²) < 4.78 is 231. The minimum Gasteiger partial charge on any atom is -0.0622 e. The maximum absolute atomic E-state index is 9.63. The fraction of sp³-hybridized carbons (Fsp3) is 0. The Balaban J connectivity index is 1.79. The van der Waals surface area contributed by atoms with Gasteiger partial charge in [0, 0.05) is 0 Å². The van der Waals surface area contributed by atoms with E-state index < -0.39 is 234 Å². The van der Waals surface area contributed by atoms with Gasteiger partial charge in [-0.1, -0.05) is 151 Å². The highest BCUT2D eigenvalue weighted by atomic mass is 14.2. The molecule has 0 spiro atoms. The molecule has 0 N–H and O–H groups in total. The largest absolute Gasteiger partial charge is 0.0636 e. The first kappa shape index (κ1) is 8.65. The highest BCUT2D eigenvalue weighted by molar-refractivity contribution is 6.24. The topological polar surface area (TPSA) is 0 Å². The van der Waals surface area contributed by atoms with Crippen molar-refractivity contribution in [1.82, 2.24) is 0 Å². The van der Waals surface area contributed by atoms with Gasteiger partial charge in [-0.3, -0.25) is 0 Å². The second-order valence-electron chi connectivity index (χ2n) is 8.50. The molecule has 8 aromatic carbocycles. The molecule has 0 heteroatoms. The van der Waals surface area contributed by atoms with Crippen LogP contribution in [0.25, 0.3) is 76.5 Å². The predicted molar refractivity (Wildman–Crippen MR) is 173 cm³/mol. The van der Waals surface area contributed by atoms with Gasteiger partial charge in [-0.25, -0.2) is 0 Å².